The Kier molecular flexibility index (Phi) is 3.78. The Morgan fingerprint density at radius 2 is 1.91 bits per heavy atom. The van der Waals surface area contributed by atoms with Gasteiger partial charge in [-0.2, -0.15) is 14.9 Å². The van der Waals surface area contributed by atoms with Gasteiger partial charge >= 0.3 is 0 Å². The van der Waals surface area contributed by atoms with E-state index in [-0.39, 0.29) is 11.6 Å². The van der Waals surface area contributed by atoms with Gasteiger partial charge in [-0.15, -0.1) is 5.11 Å². The number of nitrogens with zero attached hydrogens (tertiary/aromatic N) is 4. The topological polar surface area (TPSA) is 83.0 Å². The van der Waals surface area contributed by atoms with Gasteiger partial charge in [0.1, 0.15) is 11.5 Å². The first-order chi connectivity index (χ1) is 10.7. The van der Waals surface area contributed by atoms with Crippen LogP contribution in [-0.2, 0) is 0 Å². The third-order valence-electron chi connectivity index (χ3n) is 3.40. The van der Waals surface area contributed by atoms with Gasteiger partial charge < -0.3 is 10.2 Å². The lowest BCUT2D eigenvalue weighted by molar-refractivity contribution is 0.417. The second-order valence-electron chi connectivity index (χ2n) is 4.98. The number of azo groups is 1. The summed E-state index contributed by atoms with van der Waals surface area (Å²) < 4.78 is 1.42. The summed E-state index contributed by atoms with van der Waals surface area (Å²) in [7, 11) is 1.75. The zero-order chi connectivity index (χ0) is 15.5. The summed E-state index contributed by atoms with van der Waals surface area (Å²) in [6.07, 6.45) is 4.92. The van der Waals surface area contributed by atoms with E-state index < -0.39 is 0 Å². The van der Waals surface area contributed by atoms with Gasteiger partial charge in [0.25, 0.3) is 0 Å². The van der Waals surface area contributed by atoms with E-state index in [2.05, 4.69) is 15.3 Å². The molecular formula is C15H15BN4O2. The van der Waals surface area contributed by atoms with Crippen molar-refractivity contribution in [2.45, 2.75) is 12.8 Å². The molecule has 3 rings (SSSR count). The summed E-state index contributed by atoms with van der Waals surface area (Å²) in [5.74, 6) is 0.0430. The number of allylic oxidation sites excluding steroid dienone is 3. The average molecular weight is 294 g/mol. The van der Waals surface area contributed by atoms with Gasteiger partial charge in [0, 0.05) is 5.59 Å². The molecular weight excluding hydrogens is 279 g/mol. The molecule has 2 aromatic rings. The van der Waals surface area contributed by atoms with Crippen molar-refractivity contribution < 1.29 is 10.2 Å². The molecule has 0 fully saturated rings. The molecule has 2 N–H and O–H groups in total. The molecule has 0 saturated carbocycles. The van der Waals surface area contributed by atoms with Crippen molar-refractivity contribution in [2.24, 2.45) is 10.2 Å². The van der Waals surface area contributed by atoms with Crippen molar-refractivity contribution in [1.29, 1.82) is 0 Å². The van der Waals surface area contributed by atoms with Crippen LogP contribution in [0.25, 0.3) is 5.69 Å². The summed E-state index contributed by atoms with van der Waals surface area (Å²) >= 11 is 0. The van der Waals surface area contributed by atoms with Crippen molar-refractivity contribution >= 4 is 19.1 Å². The minimum atomic E-state index is -0.0705. The normalized spacial score (nSPS) is 14.9. The van der Waals surface area contributed by atoms with Crippen molar-refractivity contribution in [2.75, 3.05) is 0 Å². The van der Waals surface area contributed by atoms with Gasteiger partial charge in [0.15, 0.2) is 13.5 Å². The number of aliphatic hydroxyl groups is 1. The molecule has 0 amide bonds. The first kappa shape index (κ1) is 14.1. The van der Waals surface area contributed by atoms with Crippen LogP contribution in [0.15, 0.2) is 64.2 Å². The molecule has 7 heteroatoms. The van der Waals surface area contributed by atoms with Crippen LogP contribution in [0.3, 0.4) is 0 Å². The molecule has 110 valence electrons. The molecule has 1 aliphatic rings. The molecule has 0 bridgehead atoms. The monoisotopic (exact) mass is 294 g/mol. The van der Waals surface area contributed by atoms with Crippen LogP contribution in [0.2, 0.25) is 0 Å². The minimum Gasteiger partial charge on any atom is -0.506 e. The van der Waals surface area contributed by atoms with Gasteiger partial charge in [-0.25, -0.2) is 0 Å². The summed E-state index contributed by atoms with van der Waals surface area (Å²) in [5.41, 5.74) is 2.12. The molecule has 1 aromatic heterocycles. The molecule has 0 saturated heterocycles. The highest BCUT2D eigenvalue weighted by Crippen LogP contribution is 2.28. The van der Waals surface area contributed by atoms with E-state index in [1.54, 1.807) is 13.9 Å². The number of hydrogen-bond donors (Lipinski definition) is 2. The van der Waals surface area contributed by atoms with Crippen molar-refractivity contribution in [3.63, 3.8) is 0 Å². The maximum absolute atomic E-state index is 10.3. The van der Waals surface area contributed by atoms with E-state index in [9.17, 15) is 10.2 Å². The summed E-state index contributed by atoms with van der Waals surface area (Å²) in [5, 5.41) is 32.4. The highest BCUT2D eigenvalue weighted by atomic mass is 16.3. The number of hydrogen-bond acceptors (Lipinski definition) is 5. The third-order valence-corrected chi connectivity index (χ3v) is 3.40. The number of aromatic hydroxyl groups is 1. The lowest BCUT2D eigenvalue weighted by atomic mass is 10.0. The molecule has 0 unspecified atom stereocenters. The zero-order valence-corrected chi connectivity index (χ0v) is 12.1. The van der Waals surface area contributed by atoms with Crippen molar-refractivity contribution in [1.82, 2.24) is 9.78 Å². The Bertz CT molecular complexity index is 778. The first-order valence-electron chi connectivity index (χ1n) is 7.01. The average Bonchev–Trinajstić information content (AvgIpc) is 2.82. The molecule has 0 radical (unpaired) electrons. The largest absolute Gasteiger partial charge is 0.506 e. The highest BCUT2D eigenvalue weighted by molar-refractivity contribution is 6.34. The fourth-order valence-corrected chi connectivity index (χ4v) is 2.22. The van der Waals surface area contributed by atoms with Crippen molar-refractivity contribution in [3.8, 4) is 11.6 Å². The van der Waals surface area contributed by atoms with E-state index in [1.165, 1.54) is 4.68 Å². The van der Waals surface area contributed by atoms with E-state index in [0.29, 0.717) is 23.4 Å². The maximum Gasteiger partial charge on any atom is 0.242 e. The second-order valence-corrected chi connectivity index (χ2v) is 4.98. The Labute approximate surface area is 128 Å². The predicted molar refractivity (Wildman–Crippen MR) is 86.0 cm³/mol. The molecule has 1 heterocycles. The summed E-state index contributed by atoms with van der Waals surface area (Å²) in [4.78, 5) is 0. The van der Waals surface area contributed by atoms with E-state index in [0.717, 1.165) is 12.1 Å². The zero-order valence-electron chi connectivity index (χ0n) is 12.1. The maximum atomic E-state index is 10.3. The summed E-state index contributed by atoms with van der Waals surface area (Å²) in [6, 6.07) is 9.30. The van der Waals surface area contributed by atoms with E-state index in [4.69, 9.17) is 0 Å². The van der Waals surface area contributed by atoms with Gasteiger partial charge in [0.05, 0.1) is 5.69 Å². The molecule has 22 heavy (non-hydrogen) atoms. The van der Waals surface area contributed by atoms with Crippen LogP contribution in [0, 0.1) is 0 Å². The smallest absolute Gasteiger partial charge is 0.242 e. The third kappa shape index (κ3) is 2.65. The lowest BCUT2D eigenvalue weighted by Crippen LogP contribution is -2.06. The number of rotatable bonds is 3. The predicted octanol–water partition coefficient (Wildman–Crippen LogP) is 2.04. The second kappa shape index (κ2) is 5.89. The standard InChI is InChI=1S/C15H15BN4O2/c16-14-13(18-17-11-8-4-5-9-12(11)21)15(22)20(19-14)10-6-2-1-3-7-10/h1-3,5-7,9,21-22H,4,8,16H2. The highest BCUT2D eigenvalue weighted by Gasteiger charge is 2.15. The Morgan fingerprint density at radius 3 is 2.64 bits per heavy atom. The van der Waals surface area contributed by atoms with Gasteiger partial charge in [-0.3, -0.25) is 0 Å². The van der Waals surface area contributed by atoms with Gasteiger partial charge in [0.2, 0.25) is 5.88 Å². The van der Waals surface area contributed by atoms with Crippen LogP contribution >= 0.6 is 0 Å². The van der Waals surface area contributed by atoms with Crippen LogP contribution < -0.4 is 5.59 Å². The molecule has 1 aliphatic carbocycles. The molecule has 6 nitrogen and oxygen atoms in total. The Balaban J connectivity index is 1.96. The van der Waals surface area contributed by atoms with Crippen LogP contribution in [0.5, 0.6) is 5.88 Å². The SMILES string of the molecule is Bc1nn(-c2ccccc2)c(O)c1N=NC1=C(O)C=CCC1. The summed E-state index contributed by atoms with van der Waals surface area (Å²) in [6.45, 7) is 0. The first-order valence-corrected chi connectivity index (χ1v) is 7.01. The van der Waals surface area contributed by atoms with Crippen LogP contribution in [0.1, 0.15) is 12.8 Å². The Morgan fingerprint density at radius 1 is 1.14 bits per heavy atom. The fourth-order valence-electron chi connectivity index (χ4n) is 2.22. The quantitative estimate of drug-likeness (QED) is 0.671. The number of para-hydroxylation sites is 1. The van der Waals surface area contributed by atoms with E-state index >= 15 is 0 Å². The molecule has 0 atom stereocenters. The fraction of sp³-hybridized carbons (Fsp3) is 0.133. The number of benzene rings is 1. The molecule has 1 aromatic carbocycles. The van der Waals surface area contributed by atoms with Crippen LogP contribution in [-0.4, -0.2) is 27.8 Å². The van der Waals surface area contributed by atoms with Gasteiger partial charge in [-0.05, 0) is 31.1 Å². The van der Waals surface area contributed by atoms with Crippen molar-refractivity contribution in [3.05, 3.63) is 53.9 Å². The lowest BCUT2D eigenvalue weighted by Gasteiger charge is -2.05. The molecule has 0 spiro atoms. The molecule has 0 aliphatic heterocycles. The number of aliphatic hydroxyl groups excluding tert-OH is 1. The van der Waals surface area contributed by atoms with Crippen LogP contribution in [0.4, 0.5) is 5.69 Å². The number of aromatic nitrogens is 2. The Hall–Kier alpha value is -2.83. The van der Waals surface area contributed by atoms with Gasteiger partial charge in [-0.1, -0.05) is 24.3 Å². The minimum absolute atomic E-state index is 0.0705. The van der Waals surface area contributed by atoms with E-state index in [1.807, 2.05) is 36.4 Å².